The summed E-state index contributed by atoms with van der Waals surface area (Å²) in [6.07, 6.45) is 0. The molecule has 5 nitrogen and oxygen atoms in total. The molecule has 1 rings (SSSR count). The molecule has 1 N–H and O–H groups in total. The van der Waals surface area contributed by atoms with Crippen LogP contribution in [-0.4, -0.2) is 39.1 Å². The van der Waals surface area contributed by atoms with Crippen molar-refractivity contribution in [2.24, 2.45) is 0 Å². The van der Waals surface area contributed by atoms with Crippen molar-refractivity contribution in [2.45, 2.75) is 0 Å². The lowest BCUT2D eigenvalue weighted by Gasteiger charge is -2.12. The Labute approximate surface area is 110 Å². The van der Waals surface area contributed by atoms with Gasteiger partial charge in [0.05, 0.1) is 17.0 Å². The monoisotopic (exact) mass is 289 g/mol. The largest absolute Gasteiger partial charge is 0.382 e. The average Bonchev–Trinajstić information content (AvgIpc) is 2.34. The van der Waals surface area contributed by atoms with Crippen LogP contribution in [0.2, 0.25) is 0 Å². The van der Waals surface area contributed by atoms with E-state index in [1.54, 1.807) is 0 Å². The van der Waals surface area contributed by atoms with Crippen LogP contribution in [0.3, 0.4) is 0 Å². The number of nitrogens with one attached hydrogen (secondary N) is 1. The highest BCUT2D eigenvalue weighted by Gasteiger charge is 2.15. The van der Waals surface area contributed by atoms with Crippen molar-refractivity contribution < 1.29 is 17.2 Å². The number of sulfonamides is 1. The fourth-order valence-electron chi connectivity index (χ4n) is 1.27. The minimum Gasteiger partial charge on any atom is -0.382 e. The summed E-state index contributed by atoms with van der Waals surface area (Å²) < 4.78 is 50.7. The van der Waals surface area contributed by atoms with E-state index in [0.29, 0.717) is 0 Å². The van der Waals surface area contributed by atoms with Gasteiger partial charge >= 0.3 is 0 Å². The van der Waals surface area contributed by atoms with Crippen molar-refractivity contribution in [1.29, 1.82) is 5.26 Å². The molecule has 0 spiro atoms. The molecule has 0 heterocycles. The molecule has 0 bridgehead atoms. The lowest BCUT2D eigenvalue weighted by atomic mass is 10.2. The van der Waals surface area contributed by atoms with Crippen molar-refractivity contribution in [3.05, 3.63) is 29.3 Å². The molecule has 104 valence electrons. The zero-order valence-electron chi connectivity index (χ0n) is 10.4. The lowest BCUT2D eigenvalue weighted by Crippen LogP contribution is -2.28. The van der Waals surface area contributed by atoms with Crippen LogP contribution in [0.5, 0.6) is 0 Å². The van der Waals surface area contributed by atoms with Crippen LogP contribution in [0.1, 0.15) is 5.56 Å². The number of hydrogen-bond acceptors (Lipinski definition) is 4. The number of halogens is 2. The summed E-state index contributed by atoms with van der Waals surface area (Å²) in [7, 11) is -0.629. The smallest absolute Gasteiger partial charge is 0.215 e. The molecule has 0 aliphatic carbocycles. The second-order valence-corrected chi connectivity index (χ2v) is 6.23. The van der Waals surface area contributed by atoms with E-state index in [9.17, 15) is 17.2 Å². The first-order valence-corrected chi connectivity index (χ1v) is 6.92. The maximum atomic E-state index is 13.5. The molecule has 0 aliphatic heterocycles. The normalized spacial score (nSPS) is 11.4. The van der Waals surface area contributed by atoms with Crippen molar-refractivity contribution in [3.8, 4) is 6.07 Å². The number of nitriles is 1. The molecule has 0 fully saturated rings. The third-order valence-electron chi connectivity index (χ3n) is 2.43. The summed E-state index contributed by atoms with van der Waals surface area (Å²) in [4.78, 5) is 0. The molecular weight excluding hydrogens is 276 g/mol. The second kappa shape index (κ2) is 5.95. The van der Waals surface area contributed by atoms with E-state index in [2.05, 4.69) is 5.32 Å². The molecule has 0 aliphatic rings. The Morgan fingerprint density at radius 3 is 2.47 bits per heavy atom. The molecule has 19 heavy (non-hydrogen) atoms. The highest BCUT2D eigenvalue weighted by molar-refractivity contribution is 7.89. The second-order valence-electron chi connectivity index (χ2n) is 3.93. The van der Waals surface area contributed by atoms with Crippen molar-refractivity contribution >= 4 is 15.7 Å². The Kier molecular flexibility index (Phi) is 4.80. The fraction of sp³-hybridized carbons (Fsp3) is 0.364. The summed E-state index contributed by atoms with van der Waals surface area (Å²) in [6.45, 7) is -0.0667. The molecule has 0 saturated heterocycles. The Morgan fingerprint density at radius 2 is 1.95 bits per heavy atom. The van der Waals surface area contributed by atoms with E-state index >= 15 is 0 Å². The standard InChI is InChI=1S/C11H13F2N3O2S/c1-16(2)19(17,18)6-5-15-9-4-3-8(7-14)10(12)11(9)13/h3-4,15H,5-6H2,1-2H3. The summed E-state index contributed by atoms with van der Waals surface area (Å²) in [5.41, 5.74) is -0.575. The first kappa shape index (κ1) is 15.3. The Bertz CT molecular complexity index is 609. The van der Waals surface area contributed by atoms with Crippen LogP contribution in [0.4, 0.5) is 14.5 Å². The molecule has 0 saturated carbocycles. The van der Waals surface area contributed by atoms with Crippen molar-refractivity contribution in [2.75, 3.05) is 31.7 Å². The molecule has 0 atom stereocenters. The summed E-state index contributed by atoms with van der Waals surface area (Å²) >= 11 is 0. The van der Waals surface area contributed by atoms with Gasteiger partial charge in [0, 0.05) is 20.6 Å². The predicted molar refractivity (Wildman–Crippen MR) is 67.0 cm³/mol. The molecule has 1 aromatic carbocycles. The third kappa shape index (κ3) is 3.62. The lowest BCUT2D eigenvalue weighted by molar-refractivity contribution is 0.508. The molecule has 8 heteroatoms. The first-order chi connectivity index (χ1) is 8.79. The Morgan fingerprint density at radius 1 is 1.32 bits per heavy atom. The first-order valence-electron chi connectivity index (χ1n) is 5.31. The Balaban J connectivity index is 2.76. The van der Waals surface area contributed by atoms with Gasteiger partial charge in [-0.1, -0.05) is 0 Å². The van der Waals surface area contributed by atoms with Gasteiger partial charge < -0.3 is 5.32 Å². The quantitative estimate of drug-likeness (QED) is 0.882. The average molecular weight is 289 g/mol. The molecule has 0 radical (unpaired) electrons. The van der Waals surface area contributed by atoms with E-state index in [-0.39, 0.29) is 18.0 Å². The van der Waals surface area contributed by atoms with Gasteiger partial charge in [0.1, 0.15) is 6.07 Å². The maximum absolute atomic E-state index is 13.5. The van der Waals surface area contributed by atoms with Gasteiger partial charge in [-0.15, -0.1) is 0 Å². The van der Waals surface area contributed by atoms with E-state index in [1.165, 1.54) is 26.2 Å². The van der Waals surface area contributed by atoms with Gasteiger partial charge in [0.15, 0.2) is 11.6 Å². The van der Waals surface area contributed by atoms with Gasteiger partial charge in [-0.25, -0.2) is 21.5 Å². The van der Waals surface area contributed by atoms with E-state index in [0.717, 1.165) is 10.4 Å². The molecule has 0 amide bonds. The number of benzene rings is 1. The third-order valence-corrected chi connectivity index (χ3v) is 4.27. The van der Waals surface area contributed by atoms with Gasteiger partial charge in [0.25, 0.3) is 0 Å². The van der Waals surface area contributed by atoms with Gasteiger partial charge in [-0.05, 0) is 12.1 Å². The fourth-order valence-corrected chi connectivity index (χ4v) is 1.99. The molecule has 1 aromatic rings. The summed E-state index contributed by atoms with van der Waals surface area (Å²) in [6, 6.07) is 3.83. The molecule has 0 aromatic heterocycles. The topological polar surface area (TPSA) is 73.2 Å². The summed E-state index contributed by atoms with van der Waals surface area (Å²) in [5, 5.41) is 11.0. The summed E-state index contributed by atoms with van der Waals surface area (Å²) in [5.74, 6) is -2.69. The minimum absolute atomic E-state index is 0.0667. The van der Waals surface area contributed by atoms with Crippen molar-refractivity contribution in [3.63, 3.8) is 0 Å². The maximum Gasteiger partial charge on any atom is 0.215 e. The van der Waals surface area contributed by atoms with Gasteiger partial charge in [-0.2, -0.15) is 5.26 Å². The highest BCUT2D eigenvalue weighted by atomic mass is 32.2. The highest BCUT2D eigenvalue weighted by Crippen LogP contribution is 2.19. The van der Waals surface area contributed by atoms with Crippen LogP contribution in [0.25, 0.3) is 0 Å². The van der Waals surface area contributed by atoms with E-state index < -0.39 is 27.2 Å². The molecular formula is C11H13F2N3O2S. The van der Waals surface area contributed by atoms with Crippen LogP contribution >= 0.6 is 0 Å². The number of nitrogens with zero attached hydrogens (tertiary/aromatic N) is 2. The SMILES string of the molecule is CN(C)S(=O)(=O)CCNc1ccc(C#N)c(F)c1F. The zero-order valence-corrected chi connectivity index (χ0v) is 11.3. The van der Waals surface area contributed by atoms with Crippen molar-refractivity contribution in [1.82, 2.24) is 4.31 Å². The van der Waals surface area contributed by atoms with Crippen LogP contribution in [0, 0.1) is 23.0 Å². The zero-order chi connectivity index (χ0) is 14.6. The van der Waals surface area contributed by atoms with Crippen LogP contribution in [0.15, 0.2) is 12.1 Å². The van der Waals surface area contributed by atoms with Crippen LogP contribution in [-0.2, 0) is 10.0 Å². The predicted octanol–water partition coefficient (Wildman–Crippen LogP) is 1.14. The number of hydrogen-bond donors (Lipinski definition) is 1. The number of anilines is 1. The Hall–Kier alpha value is -1.72. The minimum atomic E-state index is -3.40. The van der Waals surface area contributed by atoms with Gasteiger partial charge in [-0.3, -0.25) is 0 Å². The van der Waals surface area contributed by atoms with Gasteiger partial charge in [0.2, 0.25) is 10.0 Å². The van der Waals surface area contributed by atoms with E-state index in [1.807, 2.05) is 0 Å². The van der Waals surface area contributed by atoms with E-state index in [4.69, 9.17) is 5.26 Å². The molecule has 0 unspecified atom stereocenters. The van der Waals surface area contributed by atoms with Crippen LogP contribution < -0.4 is 5.32 Å². The number of rotatable bonds is 5.